The minimum atomic E-state index is 0.867. The third kappa shape index (κ3) is 5.91. The zero-order valence-corrected chi connectivity index (χ0v) is 31.7. The molecule has 0 aliphatic heterocycles. The number of anilines is 3. The van der Waals surface area contributed by atoms with Gasteiger partial charge in [0.05, 0.1) is 11.1 Å². The van der Waals surface area contributed by atoms with Crippen LogP contribution in [0.1, 0.15) is 0 Å². The molecule has 10 aromatic carbocycles. The number of hydrogen-bond donors (Lipinski definition) is 0. The fourth-order valence-corrected chi connectivity index (χ4v) is 8.64. The lowest BCUT2D eigenvalue weighted by atomic mass is 9.93. The predicted octanol–water partition coefficient (Wildman–Crippen LogP) is 16.0. The van der Waals surface area contributed by atoms with Crippen molar-refractivity contribution >= 4 is 60.5 Å². The minimum Gasteiger partial charge on any atom is -0.456 e. The van der Waals surface area contributed by atoms with E-state index >= 15 is 0 Å². The van der Waals surface area contributed by atoms with Gasteiger partial charge in [-0.05, 0) is 133 Å². The first kappa shape index (κ1) is 33.6. The molecule has 11 aromatic rings. The maximum Gasteiger partial charge on any atom is 0.137 e. The molecule has 0 unspecified atom stereocenters. The molecule has 0 saturated carbocycles. The van der Waals surface area contributed by atoms with Crippen LogP contribution in [-0.4, -0.2) is 0 Å². The number of para-hydroxylation sites is 1. The normalized spacial score (nSPS) is 11.4. The lowest BCUT2D eigenvalue weighted by Gasteiger charge is -2.27. The van der Waals surface area contributed by atoms with Gasteiger partial charge in [0.25, 0.3) is 0 Å². The maximum absolute atomic E-state index is 6.41. The Bertz CT molecular complexity index is 3090. The second kappa shape index (κ2) is 14.1. The molecular weight excluding hydrogens is 703 g/mol. The summed E-state index contributed by atoms with van der Waals surface area (Å²) in [6.45, 7) is 0. The monoisotopic (exact) mass is 739 g/mol. The fourth-order valence-electron chi connectivity index (χ4n) is 8.64. The Morgan fingerprint density at radius 1 is 0.293 bits per heavy atom. The number of hydrogen-bond acceptors (Lipinski definition) is 2. The molecule has 1 heterocycles. The molecule has 272 valence electrons. The molecule has 58 heavy (non-hydrogen) atoms. The molecule has 0 saturated heterocycles. The fraction of sp³-hybridized carbons (Fsp3) is 0. The van der Waals surface area contributed by atoms with Crippen LogP contribution in [0.2, 0.25) is 0 Å². The second-order valence-electron chi connectivity index (χ2n) is 14.9. The smallest absolute Gasteiger partial charge is 0.137 e. The highest BCUT2D eigenvalue weighted by atomic mass is 16.3. The van der Waals surface area contributed by atoms with Gasteiger partial charge in [-0.25, -0.2) is 0 Å². The van der Waals surface area contributed by atoms with Crippen molar-refractivity contribution in [3.8, 4) is 44.5 Å². The number of furan rings is 1. The summed E-state index contributed by atoms with van der Waals surface area (Å²) in [6.07, 6.45) is 0. The number of nitrogens with zero attached hydrogens (tertiary/aromatic N) is 1. The summed E-state index contributed by atoms with van der Waals surface area (Å²) < 4.78 is 6.41. The standard InChI is InChI=1S/C56H37NO/c1-3-14-40(15-4-1)51-36-44(34-42-18-7-9-20-48(42)51)38-26-30-46(31-27-38)57(53-23-13-25-55-56(53)50-22-11-12-24-54(50)58-55)47-32-28-39(29-33-47)45-35-43-19-8-10-21-49(43)52(37-45)41-16-5-2-6-17-41/h1-37H. The Hall–Kier alpha value is -7.68. The highest BCUT2D eigenvalue weighted by Crippen LogP contribution is 2.44. The van der Waals surface area contributed by atoms with E-state index in [4.69, 9.17) is 4.42 Å². The highest BCUT2D eigenvalue weighted by Gasteiger charge is 2.20. The van der Waals surface area contributed by atoms with E-state index in [0.717, 1.165) is 39.0 Å². The van der Waals surface area contributed by atoms with Gasteiger partial charge in [-0.3, -0.25) is 0 Å². The van der Waals surface area contributed by atoms with Crippen LogP contribution in [0.3, 0.4) is 0 Å². The Morgan fingerprint density at radius 3 is 1.28 bits per heavy atom. The first-order valence-electron chi connectivity index (χ1n) is 19.8. The third-order valence-electron chi connectivity index (χ3n) is 11.4. The van der Waals surface area contributed by atoms with E-state index in [9.17, 15) is 0 Å². The van der Waals surface area contributed by atoms with Gasteiger partial charge in [-0.1, -0.05) is 158 Å². The Kier molecular flexibility index (Phi) is 8.19. The van der Waals surface area contributed by atoms with Crippen LogP contribution in [0.4, 0.5) is 17.1 Å². The van der Waals surface area contributed by atoms with Crippen LogP contribution in [0.25, 0.3) is 88.0 Å². The van der Waals surface area contributed by atoms with E-state index in [-0.39, 0.29) is 0 Å². The summed E-state index contributed by atoms with van der Waals surface area (Å²) in [5, 5.41) is 7.15. The zero-order valence-electron chi connectivity index (χ0n) is 31.7. The van der Waals surface area contributed by atoms with Crippen molar-refractivity contribution in [2.45, 2.75) is 0 Å². The first-order valence-corrected chi connectivity index (χ1v) is 19.8. The summed E-state index contributed by atoms with van der Waals surface area (Å²) in [6, 6.07) is 80.7. The van der Waals surface area contributed by atoms with E-state index in [1.165, 1.54) is 66.1 Å². The molecule has 0 fully saturated rings. The van der Waals surface area contributed by atoms with E-state index in [0.29, 0.717) is 0 Å². The molecule has 0 N–H and O–H groups in total. The van der Waals surface area contributed by atoms with Gasteiger partial charge in [-0.2, -0.15) is 0 Å². The molecule has 1 aromatic heterocycles. The van der Waals surface area contributed by atoms with Crippen molar-refractivity contribution in [3.05, 3.63) is 224 Å². The van der Waals surface area contributed by atoms with Gasteiger partial charge in [0.1, 0.15) is 11.2 Å². The SMILES string of the molecule is c1ccc(-c2cc(-c3ccc(N(c4ccc(-c5cc(-c6ccccc6)c6ccccc6c5)cc4)c4cccc5oc6ccccc6c45)cc3)cc3ccccc23)cc1. The number of fused-ring (bicyclic) bond motifs is 5. The van der Waals surface area contributed by atoms with Crippen LogP contribution >= 0.6 is 0 Å². The van der Waals surface area contributed by atoms with Crippen molar-refractivity contribution < 1.29 is 4.42 Å². The summed E-state index contributed by atoms with van der Waals surface area (Å²) >= 11 is 0. The Labute approximate surface area is 337 Å². The molecule has 0 bridgehead atoms. The highest BCUT2D eigenvalue weighted by molar-refractivity contribution is 6.13. The molecule has 0 aliphatic carbocycles. The summed E-state index contributed by atoms with van der Waals surface area (Å²) in [4.78, 5) is 2.36. The molecular formula is C56H37NO. The summed E-state index contributed by atoms with van der Waals surface area (Å²) in [5.74, 6) is 0. The van der Waals surface area contributed by atoms with Gasteiger partial charge in [0.15, 0.2) is 0 Å². The molecule has 0 radical (unpaired) electrons. The number of benzene rings is 10. The van der Waals surface area contributed by atoms with E-state index in [2.05, 4.69) is 217 Å². The van der Waals surface area contributed by atoms with Crippen molar-refractivity contribution in [1.29, 1.82) is 0 Å². The minimum absolute atomic E-state index is 0.867. The average Bonchev–Trinajstić information content (AvgIpc) is 3.69. The van der Waals surface area contributed by atoms with E-state index < -0.39 is 0 Å². The van der Waals surface area contributed by atoms with Gasteiger partial charge < -0.3 is 9.32 Å². The predicted molar refractivity (Wildman–Crippen MR) is 245 cm³/mol. The summed E-state index contributed by atoms with van der Waals surface area (Å²) in [5.41, 5.74) is 14.6. The van der Waals surface area contributed by atoms with Crippen LogP contribution in [0, 0.1) is 0 Å². The average molecular weight is 740 g/mol. The van der Waals surface area contributed by atoms with E-state index in [1.54, 1.807) is 0 Å². The quantitative estimate of drug-likeness (QED) is 0.162. The topological polar surface area (TPSA) is 16.4 Å². The van der Waals surface area contributed by atoms with Gasteiger partial charge in [-0.15, -0.1) is 0 Å². The van der Waals surface area contributed by atoms with Crippen LogP contribution in [0.5, 0.6) is 0 Å². The van der Waals surface area contributed by atoms with Gasteiger partial charge >= 0.3 is 0 Å². The first-order chi connectivity index (χ1) is 28.7. The second-order valence-corrected chi connectivity index (χ2v) is 14.9. The Morgan fingerprint density at radius 2 is 0.741 bits per heavy atom. The maximum atomic E-state index is 6.41. The molecule has 0 spiro atoms. The molecule has 11 rings (SSSR count). The van der Waals surface area contributed by atoms with Crippen LogP contribution in [-0.2, 0) is 0 Å². The summed E-state index contributed by atoms with van der Waals surface area (Å²) in [7, 11) is 0. The zero-order chi connectivity index (χ0) is 38.4. The van der Waals surface area contributed by atoms with Crippen molar-refractivity contribution in [2.75, 3.05) is 4.90 Å². The lowest BCUT2D eigenvalue weighted by Crippen LogP contribution is -2.10. The van der Waals surface area contributed by atoms with Crippen molar-refractivity contribution in [3.63, 3.8) is 0 Å². The van der Waals surface area contributed by atoms with E-state index in [1.807, 2.05) is 12.1 Å². The third-order valence-corrected chi connectivity index (χ3v) is 11.4. The number of rotatable bonds is 7. The van der Waals surface area contributed by atoms with Crippen LogP contribution < -0.4 is 4.90 Å². The molecule has 0 aliphatic rings. The van der Waals surface area contributed by atoms with Crippen molar-refractivity contribution in [1.82, 2.24) is 0 Å². The van der Waals surface area contributed by atoms with Gasteiger partial charge in [0.2, 0.25) is 0 Å². The molecule has 0 amide bonds. The Balaban J connectivity index is 1.04. The molecule has 2 nitrogen and oxygen atoms in total. The van der Waals surface area contributed by atoms with Gasteiger partial charge in [0, 0.05) is 16.8 Å². The lowest BCUT2D eigenvalue weighted by molar-refractivity contribution is 0.669. The van der Waals surface area contributed by atoms with Crippen molar-refractivity contribution in [2.24, 2.45) is 0 Å². The molecule has 2 heteroatoms. The molecule has 0 atom stereocenters. The van der Waals surface area contributed by atoms with Crippen LogP contribution in [0.15, 0.2) is 229 Å². The largest absolute Gasteiger partial charge is 0.456 e.